The molecule has 2 aliphatic rings. The zero-order chi connectivity index (χ0) is 17.2. The zero-order valence-corrected chi connectivity index (χ0v) is 14.2. The molecule has 2 fully saturated rings. The lowest BCUT2D eigenvalue weighted by Crippen LogP contribution is -2.46. The van der Waals surface area contributed by atoms with Gasteiger partial charge in [0.15, 0.2) is 0 Å². The van der Waals surface area contributed by atoms with Crippen LogP contribution in [-0.4, -0.2) is 36.5 Å². The first-order valence-corrected chi connectivity index (χ1v) is 8.82. The van der Waals surface area contributed by atoms with Crippen LogP contribution in [0, 0.1) is 5.92 Å². The van der Waals surface area contributed by atoms with E-state index in [1.165, 1.54) is 19.5 Å². The van der Waals surface area contributed by atoms with Crippen LogP contribution >= 0.6 is 0 Å². The van der Waals surface area contributed by atoms with E-state index in [0.29, 0.717) is 22.7 Å². The second-order valence-corrected chi connectivity index (χ2v) is 7.02. The molecule has 3 N–H and O–H groups in total. The Balaban J connectivity index is 1.37. The first-order chi connectivity index (χ1) is 12.2. The molecule has 2 saturated heterocycles. The summed E-state index contributed by atoms with van der Waals surface area (Å²) in [5.41, 5.74) is 7.07. The summed E-state index contributed by atoms with van der Waals surface area (Å²) in [5, 5.41) is 3.17. The van der Waals surface area contributed by atoms with Gasteiger partial charge in [-0.3, -0.25) is 4.79 Å². The molecule has 5 nitrogen and oxygen atoms in total. The van der Waals surface area contributed by atoms with E-state index in [-0.39, 0.29) is 11.9 Å². The number of fused-ring (bicyclic) bond motifs is 2. The number of piperidine rings is 1. The van der Waals surface area contributed by atoms with Crippen LogP contribution in [-0.2, 0) is 0 Å². The maximum atomic E-state index is 12.5. The third-order valence-electron chi connectivity index (χ3n) is 5.01. The number of rotatable bonds is 4. The SMILES string of the molecule is Nc1cccc(Oc2ccc(C(=O)N[C@@H]3C[C@@H]4CCN(C4)C3)cc2)c1. The van der Waals surface area contributed by atoms with Gasteiger partial charge in [-0.2, -0.15) is 0 Å². The predicted octanol–water partition coefficient (Wildman–Crippen LogP) is 2.89. The second kappa shape index (κ2) is 6.76. The highest BCUT2D eigenvalue weighted by Crippen LogP contribution is 2.27. The summed E-state index contributed by atoms with van der Waals surface area (Å²) in [6, 6.07) is 14.8. The lowest BCUT2D eigenvalue weighted by atomic mass is 9.96. The van der Waals surface area contributed by atoms with Crippen molar-refractivity contribution in [3.05, 3.63) is 54.1 Å². The number of carbonyl (C=O) groups excluding carboxylic acids is 1. The number of benzene rings is 2. The standard InChI is InChI=1S/C20H23N3O2/c21-16-2-1-3-19(11-16)25-18-6-4-15(5-7-18)20(24)22-17-10-14-8-9-23(12-14)13-17/h1-7,11,14,17H,8-10,12-13,21H2,(H,22,24)/t14-,17+/m0/s1. The van der Waals surface area contributed by atoms with Crippen molar-refractivity contribution in [2.45, 2.75) is 18.9 Å². The zero-order valence-electron chi connectivity index (χ0n) is 14.2. The Kier molecular flexibility index (Phi) is 4.32. The normalized spacial score (nSPS) is 24.7. The number of hydrogen-bond donors (Lipinski definition) is 2. The van der Waals surface area contributed by atoms with Crippen LogP contribution in [0.3, 0.4) is 0 Å². The molecule has 2 bridgehead atoms. The number of nitrogens with two attached hydrogens (primary N) is 1. The number of nitrogen functional groups attached to an aromatic ring is 1. The Morgan fingerprint density at radius 3 is 2.72 bits per heavy atom. The number of ether oxygens (including phenoxy) is 1. The van der Waals surface area contributed by atoms with Crippen molar-refractivity contribution in [2.75, 3.05) is 25.4 Å². The highest BCUT2D eigenvalue weighted by atomic mass is 16.5. The monoisotopic (exact) mass is 337 g/mol. The minimum Gasteiger partial charge on any atom is -0.457 e. The fraction of sp³-hybridized carbons (Fsp3) is 0.350. The molecular formula is C20H23N3O2. The minimum atomic E-state index is -0.0111. The van der Waals surface area contributed by atoms with Gasteiger partial charge in [0.1, 0.15) is 11.5 Å². The summed E-state index contributed by atoms with van der Waals surface area (Å²) in [6.07, 6.45) is 2.36. The van der Waals surface area contributed by atoms with Crippen LogP contribution in [0.4, 0.5) is 5.69 Å². The molecular weight excluding hydrogens is 314 g/mol. The van der Waals surface area contributed by atoms with E-state index >= 15 is 0 Å². The summed E-state index contributed by atoms with van der Waals surface area (Å²) in [7, 11) is 0. The number of carbonyl (C=O) groups is 1. The topological polar surface area (TPSA) is 67.6 Å². The third kappa shape index (κ3) is 3.77. The maximum absolute atomic E-state index is 12.5. The summed E-state index contributed by atoms with van der Waals surface area (Å²) in [5.74, 6) is 2.10. The Morgan fingerprint density at radius 1 is 1.12 bits per heavy atom. The highest BCUT2D eigenvalue weighted by molar-refractivity contribution is 5.94. The van der Waals surface area contributed by atoms with Crippen molar-refractivity contribution in [2.24, 2.45) is 5.92 Å². The van der Waals surface area contributed by atoms with Gasteiger partial charge in [0.2, 0.25) is 0 Å². The summed E-state index contributed by atoms with van der Waals surface area (Å²) >= 11 is 0. The Hall–Kier alpha value is -2.53. The van der Waals surface area contributed by atoms with Gasteiger partial charge in [-0.1, -0.05) is 6.07 Å². The van der Waals surface area contributed by atoms with Gasteiger partial charge in [-0.15, -0.1) is 0 Å². The van der Waals surface area contributed by atoms with Gasteiger partial charge >= 0.3 is 0 Å². The van der Waals surface area contributed by atoms with Crippen molar-refractivity contribution in [3.63, 3.8) is 0 Å². The van der Waals surface area contributed by atoms with E-state index in [9.17, 15) is 4.79 Å². The number of amides is 1. The van der Waals surface area contributed by atoms with Gasteiger partial charge < -0.3 is 20.7 Å². The predicted molar refractivity (Wildman–Crippen MR) is 97.8 cm³/mol. The number of nitrogens with one attached hydrogen (secondary N) is 1. The lowest BCUT2D eigenvalue weighted by molar-refractivity contribution is 0.0909. The maximum Gasteiger partial charge on any atom is 0.251 e. The summed E-state index contributed by atoms with van der Waals surface area (Å²) in [6.45, 7) is 3.34. The van der Waals surface area contributed by atoms with E-state index in [1.807, 2.05) is 30.3 Å². The quantitative estimate of drug-likeness (QED) is 0.842. The van der Waals surface area contributed by atoms with E-state index in [4.69, 9.17) is 10.5 Å². The molecule has 0 aliphatic carbocycles. The molecule has 2 heterocycles. The second-order valence-electron chi connectivity index (χ2n) is 7.02. The number of nitrogens with zero attached hydrogens (tertiary/aromatic N) is 1. The van der Waals surface area contributed by atoms with Crippen molar-refractivity contribution in [1.82, 2.24) is 10.2 Å². The van der Waals surface area contributed by atoms with Crippen LogP contribution in [0.15, 0.2) is 48.5 Å². The number of anilines is 1. The fourth-order valence-electron chi connectivity index (χ4n) is 3.82. The molecule has 5 heteroatoms. The molecule has 3 atom stereocenters. The molecule has 1 amide bonds. The van der Waals surface area contributed by atoms with Crippen LogP contribution in [0.2, 0.25) is 0 Å². The molecule has 2 aromatic rings. The van der Waals surface area contributed by atoms with E-state index in [1.54, 1.807) is 18.2 Å². The fourth-order valence-corrected chi connectivity index (χ4v) is 3.82. The molecule has 0 radical (unpaired) electrons. The van der Waals surface area contributed by atoms with Gasteiger partial charge in [-0.25, -0.2) is 0 Å². The molecule has 25 heavy (non-hydrogen) atoms. The van der Waals surface area contributed by atoms with Crippen molar-refractivity contribution in [3.8, 4) is 11.5 Å². The van der Waals surface area contributed by atoms with Gasteiger partial charge in [0.25, 0.3) is 5.91 Å². The van der Waals surface area contributed by atoms with E-state index in [0.717, 1.165) is 18.9 Å². The van der Waals surface area contributed by atoms with Crippen LogP contribution in [0.1, 0.15) is 23.2 Å². The average Bonchev–Trinajstić information content (AvgIpc) is 2.94. The number of hydrogen-bond acceptors (Lipinski definition) is 4. The Labute approximate surface area is 147 Å². The van der Waals surface area contributed by atoms with Crippen LogP contribution < -0.4 is 15.8 Å². The molecule has 2 aliphatic heterocycles. The van der Waals surface area contributed by atoms with Gasteiger partial charge in [0.05, 0.1) is 0 Å². The summed E-state index contributed by atoms with van der Waals surface area (Å²) in [4.78, 5) is 14.9. The lowest BCUT2D eigenvalue weighted by Gasteiger charge is -2.30. The Bertz CT molecular complexity index is 748. The Morgan fingerprint density at radius 2 is 1.96 bits per heavy atom. The van der Waals surface area contributed by atoms with Crippen LogP contribution in [0.5, 0.6) is 11.5 Å². The molecule has 0 aromatic heterocycles. The van der Waals surface area contributed by atoms with Gasteiger partial charge in [0, 0.05) is 36.4 Å². The highest BCUT2D eigenvalue weighted by Gasteiger charge is 2.32. The molecule has 0 saturated carbocycles. The molecule has 2 aromatic carbocycles. The first-order valence-electron chi connectivity index (χ1n) is 8.82. The van der Waals surface area contributed by atoms with Crippen LogP contribution in [0.25, 0.3) is 0 Å². The largest absolute Gasteiger partial charge is 0.457 e. The minimum absolute atomic E-state index is 0.0111. The molecule has 4 rings (SSSR count). The van der Waals surface area contributed by atoms with Crippen molar-refractivity contribution >= 4 is 11.6 Å². The van der Waals surface area contributed by atoms with Crippen molar-refractivity contribution in [1.29, 1.82) is 0 Å². The smallest absolute Gasteiger partial charge is 0.251 e. The molecule has 1 unspecified atom stereocenters. The van der Waals surface area contributed by atoms with Crippen molar-refractivity contribution < 1.29 is 9.53 Å². The first kappa shape index (κ1) is 16.0. The molecule has 130 valence electrons. The summed E-state index contributed by atoms with van der Waals surface area (Å²) < 4.78 is 5.76. The average molecular weight is 337 g/mol. The molecule has 0 spiro atoms. The van der Waals surface area contributed by atoms with Gasteiger partial charge in [-0.05, 0) is 61.7 Å². The van der Waals surface area contributed by atoms with E-state index in [2.05, 4.69) is 10.2 Å². The third-order valence-corrected chi connectivity index (χ3v) is 5.01. The van der Waals surface area contributed by atoms with E-state index < -0.39 is 0 Å².